The van der Waals surface area contributed by atoms with Gasteiger partial charge in [-0.3, -0.25) is 0 Å². The summed E-state index contributed by atoms with van der Waals surface area (Å²) >= 11 is 0. The van der Waals surface area contributed by atoms with Gasteiger partial charge >= 0.3 is 9.28 Å². The second kappa shape index (κ2) is 6.77. The number of hydrogen-bond donors (Lipinski definition) is 0. The predicted molar refractivity (Wildman–Crippen MR) is 70.9 cm³/mol. The SMILES string of the molecule is CCC1CC(CC)C([SiH](OC)OC)C1CC. The molecule has 0 radical (unpaired) electrons. The smallest absolute Gasteiger partial charge is 0.324 e. The molecule has 0 aromatic heterocycles. The van der Waals surface area contributed by atoms with Gasteiger partial charge in [0.1, 0.15) is 0 Å². The van der Waals surface area contributed by atoms with Crippen molar-refractivity contribution in [3.8, 4) is 0 Å². The van der Waals surface area contributed by atoms with E-state index in [9.17, 15) is 0 Å². The highest BCUT2D eigenvalue weighted by atomic mass is 28.3. The molecule has 0 spiro atoms. The topological polar surface area (TPSA) is 18.5 Å². The minimum atomic E-state index is -1.45. The van der Waals surface area contributed by atoms with E-state index in [4.69, 9.17) is 8.85 Å². The van der Waals surface area contributed by atoms with Crippen LogP contribution in [0.4, 0.5) is 0 Å². The van der Waals surface area contributed by atoms with E-state index in [1.54, 1.807) is 0 Å². The molecule has 0 N–H and O–H groups in total. The lowest BCUT2D eigenvalue weighted by atomic mass is 9.91. The molecule has 0 amide bonds. The van der Waals surface area contributed by atoms with Crippen LogP contribution in [0.1, 0.15) is 46.5 Å². The van der Waals surface area contributed by atoms with E-state index in [1.807, 2.05) is 14.2 Å². The first-order chi connectivity index (χ1) is 7.73. The zero-order chi connectivity index (χ0) is 12.1. The molecule has 1 rings (SSSR count). The van der Waals surface area contributed by atoms with Gasteiger partial charge in [-0.2, -0.15) is 0 Å². The second-order valence-corrected chi connectivity index (χ2v) is 7.51. The van der Waals surface area contributed by atoms with E-state index in [2.05, 4.69) is 20.8 Å². The minimum Gasteiger partial charge on any atom is -0.400 e. The van der Waals surface area contributed by atoms with Crippen molar-refractivity contribution in [2.75, 3.05) is 14.2 Å². The van der Waals surface area contributed by atoms with Gasteiger partial charge in [-0.15, -0.1) is 0 Å². The molecule has 1 saturated carbocycles. The predicted octanol–water partition coefficient (Wildman–Crippen LogP) is 3.35. The molecule has 4 atom stereocenters. The first kappa shape index (κ1) is 14.2. The Kier molecular flexibility index (Phi) is 6.01. The van der Waals surface area contributed by atoms with Crippen LogP contribution < -0.4 is 0 Å². The molecule has 0 heterocycles. The molecule has 1 aliphatic rings. The summed E-state index contributed by atoms with van der Waals surface area (Å²) in [5.41, 5.74) is 0.731. The van der Waals surface area contributed by atoms with E-state index in [1.165, 1.54) is 25.7 Å². The Balaban J connectivity index is 2.82. The maximum atomic E-state index is 5.66. The third kappa shape index (κ3) is 2.69. The standard InChI is InChI=1S/C13H28O2Si/c1-6-10-9-11(7-2)13(12(10)8-3)16(14-4)15-5/h10-13,16H,6-9H2,1-5H3. The van der Waals surface area contributed by atoms with Crippen molar-refractivity contribution in [1.29, 1.82) is 0 Å². The molecule has 1 aliphatic carbocycles. The highest BCUT2D eigenvalue weighted by Gasteiger charge is 2.46. The first-order valence-corrected chi connectivity index (χ1v) is 8.39. The maximum Gasteiger partial charge on any atom is 0.324 e. The first-order valence-electron chi connectivity index (χ1n) is 6.78. The van der Waals surface area contributed by atoms with Gasteiger partial charge in [-0.1, -0.05) is 40.0 Å². The molecule has 0 aliphatic heterocycles. The fraction of sp³-hybridized carbons (Fsp3) is 1.00. The lowest BCUT2D eigenvalue weighted by molar-refractivity contribution is 0.235. The van der Waals surface area contributed by atoms with Gasteiger partial charge in [-0.25, -0.2) is 0 Å². The van der Waals surface area contributed by atoms with Crippen LogP contribution in [0.3, 0.4) is 0 Å². The van der Waals surface area contributed by atoms with Gasteiger partial charge in [0.25, 0.3) is 0 Å². The number of hydrogen-bond acceptors (Lipinski definition) is 2. The van der Waals surface area contributed by atoms with Crippen LogP contribution in [0, 0.1) is 17.8 Å². The lowest BCUT2D eigenvalue weighted by Gasteiger charge is -2.29. The number of rotatable bonds is 6. The Labute approximate surface area is 103 Å². The van der Waals surface area contributed by atoms with Gasteiger partial charge in [0.15, 0.2) is 0 Å². The third-order valence-electron chi connectivity index (χ3n) is 4.55. The summed E-state index contributed by atoms with van der Waals surface area (Å²) in [5, 5.41) is 0. The normalized spacial score (nSPS) is 34.9. The quantitative estimate of drug-likeness (QED) is 0.667. The summed E-state index contributed by atoms with van der Waals surface area (Å²) in [6.07, 6.45) is 5.29. The Bertz CT molecular complexity index is 194. The Morgan fingerprint density at radius 1 is 0.938 bits per heavy atom. The average Bonchev–Trinajstić information content (AvgIpc) is 2.68. The summed E-state index contributed by atoms with van der Waals surface area (Å²) in [6, 6.07) is 0. The van der Waals surface area contributed by atoms with Crippen LogP contribution in [-0.2, 0) is 8.85 Å². The zero-order valence-electron chi connectivity index (χ0n) is 11.5. The van der Waals surface area contributed by atoms with Gasteiger partial charge in [-0.05, 0) is 24.2 Å². The summed E-state index contributed by atoms with van der Waals surface area (Å²) in [6.45, 7) is 6.98. The van der Waals surface area contributed by atoms with Gasteiger partial charge < -0.3 is 8.85 Å². The van der Waals surface area contributed by atoms with Crippen molar-refractivity contribution in [3.05, 3.63) is 0 Å². The van der Waals surface area contributed by atoms with Gasteiger partial charge in [0.05, 0.1) is 0 Å². The minimum absolute atomic E-state index is 0.731. The van der Waals surface area contributed by atoms with E-state index < -0.39 is 9.28 Å². The van der Waals surface area contributed by atoms with Gasteiger partial charge in [0.2, 0.25) is 0 Å². The molecular formula is C13H28O2Si. The Morgan fingerprint density at radius 2 is 1.50 bits per heavy atom. The van der Waals surface area contributed by atoms with Gasteiger partial charge in [0, 0.05) is 19.8 Å². The van der Waals surface area contributed by atoms with Crippen molar-refractivity contribution >= 4 is 9.28 Å². The Morgan fingerprint density at radius 3 is 1.88 bits per heavy atom. The van der Waals surface area contributed by atoms with E-state index in [0.717, 1.165) is 23.3 Å². The largest absolute Gasteiger partial charge is 0.400 e. The molecule has 4 unspecified atom stereocenters. The molecule has 0 saturated heterocycles. The molecule has 96 valence electrons. The highest BCUT2D eigenvalue weighted by Crippen LogP contribution is 2.51. The molecular weight excluding hydrogens is 216 g/mol. The zero-order valence-corrected chi connectivity index (χ0v) is 12.7. The highest BCUT2D eigenvalue weighted by molar-refractivity contribution is 6.46. The molecule has 0 aromatic carbocycles. The second-order valence-electron chi connectivity index (χ2n) is 5.06. The van der Waals surface area contributed by atoms with Crippen LogP contribution in [-0.4, -0.2) is 23.5 Å². The van der Waals surface area contributed by atoms with Crippen LogP contribution in [0.25, 0.3) is 0 Å². The van der Waals surface area contributed by atoms with Crippen molar-refractivity contribution < 1.29 is 8.85 Å². The Hall–Kier alpha value is 0.137. The van der Waals surface area contributed by atoms with Crippen LogP contribution >= 0.6 is 0 Å². The molecule has 0 aromatic rings. The fourth-order valence-electron chi connectivity index (χ4n) is 3.73. The maximum absolute atomic E-state index is 5.66. The fourth-order valence-corrected chi connectivity index (χ4v) is 6.42. The van der Waals surface area contributed by atoms with E-state index >= 15 is 0 Å². The summed E-state index contributed by atoms with van der Waals surface area (Å²) in [7, 11) is 2.22. The average molecular weight is 244 g/mol. The van der Waals surface area contributed by atoms with Crippen molar-refractivity contribution in [2.45, 2.75) is 52.0 Å². The molecule has 0 bridgehead atoms. The molecule has 1 fully saturated rings. The molecule has 3 heteroatoms. The van der Waals surface area contributed by atoms with Crippen LogP contribution in [0.5, 0.6) is 0 Å². The third-order valence-corrected chi connectivity index (χ3v) is 7.15. The molecule has 2 nitrogen and oxygen atoms in total. The van der Waals surface area contributed by atoms with E-state index in [-0.39, 0.29) is 0 Å². The van der Waals surface area contributed by atoms with Crippen molar-refractivity contribution in [2.24, 2.45) is 17.8 Å². The monoisotopic (exact) mass is 244 g/mol. The van der Waals surface area contributed by atoms with E-state index in [0.29, 0.717) is 0 Å². The summed E-state index contributed by atoms with van der Waals surface area (Å²) < 4.78 is 11.3. The summed E-state index contributed by atoms with van der Waals surface area (Å²) in [4.78, 5) is 0. The van der Waals surface area contributed by atoms with Crippen molar-refractivity contribution in [3.63, 3.8) is 0 Å². The van der Waals surface area contributed by atoms with Crippen LogP contribution in [0.15, 0.2) is 0 Å². The van der Waals surface area contributed by atoms with Crippen LogP contribution in [0.2, 0.25) is 5.54 Å². The molecule has 16 heavy (non-hydrogen) atoms. The summed E-state index contributed by atoms with van der Waals surface area (Å²) in [5.74, 6) is 2.58. The van der Waals surface area contributed by atoms with Crippen molar-refractivity contribution in [1.82, 2.24) is 0 Å². The lowest BCUT2D eigenvalue weighted by Crippen LogP contribution is -2.32.